The van der Waals surface area contributed by atoms with Crippen molar-refractivity contribution in [3.8, 4) is 11.6 Å². The van der Waals surface area contributed by atoms with Crippen molar-refractivity contribution >= 4 is 15.9 Å². The number of aryl methyl sites for hydroxylation is 1. The van der Waals surface area contributed by atoms with Crippen LogP contribution in [0.3, 0.4) is 0 Å². The van der Waals surface area contributed by atoms with E-state index in [2.05, 4.69) is 44.7 Å². The van der Waals surface area contributed by atoms with Crippen LogP contribution in [0.4, 0.5) is 0 Å². The molecule has 0 aliphatic carbocycles. The SMILES string of the molecule is COc1ccc([C@@H](C)[C@H](C)COc2nc(C)ncc2Br)nc1. The number of rotatable bonds is 6. The van der Waals surface area contributed by atoms with Crippen molar-refractivity contribution in [2.45, 2.75) is 26.7 Å². The molecule has 0 aliphatic heterocycles. The summed E-state index contributed by atoms with van der Waals surface area (Å²) in [4.78, 5) is 12.8. The van der Waals surface area contributed by atoms with Crippen LogP contribution in [0.2, 0.25) is 0 Å². The predicted octanol–water partition coefficient (Wildman–Crippen LogP) is 3.77. The molecule has 0 fully saturated rings. The molecule has 2 atom stereocenters. The first kappa shape index (κ1) is 16.7. The normalized spacial score (nSPS) is 13.5. The van der Waals surface area contributed by atoms with Crippen molar-refractivity contribution in [2.75, 3.05) is 13.7 Å². The molecule has 2 rings (SSSR count). The topological polar surface area (TPSA) is 57.1 Å². The second kappa shape index (κ2) is 7.54. The van der Waals surface area contributed by atoms with Crippen LogP contribution in [0, 0.1) is 12.8 Å². The van der Waals surface area contributed by atoms with Gasteiger partial charge in [-0.05, 0) is 40.9 Å². The van der Waals surface area contributed by atoms with Crippen molar-refractivity contribution in [1.29, 1.82) is 0 Å². The first-order valence-corrected chi connectivity index (χ1v) is 7.92. The Morgan fingerprint density at radius 3 is 2.59 bits per heavy atom. The lowest BCUT2D eigenvalue weighted by Gasteiger charge is -2.20. The highest BCUT2D eigenvalue weighted by molar-refractivity contribution is 9.10. The molecule has 0 spiro atoms. The zero-order chi connectivity index (χ0) is 16.1. The van der Waals surface area contributed by atoms with Crippen molar-refractivity contribution in [3.63, 3.8) is 0 Å². The van der Waals surface area contributed by atoms with Crippen LogP contribution in [0.1, 0.15) is 31.3 Å². The van der Waals surface area contributed by atoms with E-state index in [1.165, 1.54) is 0 Å². The smallest absolute Gasteiger partial charge is 0.231 e. The lowest BCUT2D eigenvalue weighted by atomic mass is 9.93. The van der Waals surface area contributed by atoms with Gasteiger partial charge in [0, 0.05) is 17.8 Å². The van der Waals surface area contributed by atoms with Gasteiger partial charge in [0.2, 0.25) is 5.88 Å². The number of nitrogens with zero attached hydrogens (tertiary/aromatic N) is 3. The third-order valence-electron chi connectivity index (χ3n) is 3.63. The lowest BCUT2D eigenvalue weighted by Crippen LogP contribution is -2.17. The second-order valence-electron chi connectivity index (χ2n) is 5.27. The van der Waals surface area contributed by atoms with Crippen LogP contribution < -0.4 is 9.47 Å². The van der Waals surface area contributed by atoms with Gasteiger partial charge in [0.1, 0.15) is 11.6 Å². The van der Waals surface area contributed by atoms with E-state index in [0.717, 1.165) is 15.9 Å². The van der Waals surface area contributed by atoms with Gasteiger partial charge in [0.05, 0.1) is 24.4 Å². The zero-order valence-electron chi connectivity index (χ0n) is 13.2. The van der Waals surface area contributed by atoms with Crippen molar-refractivity contribution in [1.82, 2.24) is 15.0 Å². The molecule has 2 aromatic heterocycles. The average Bonchev–Trinajstić information content (AvgIpc) is 2.54. The Bertz CT molecular complexity index is 619. The van der Waals surface area contributed by atoms with E-state index in [9.17, 15) is 0 Å². The van der Waals surface area contributed by atoms with Crippen molar-refractivity contribution < 1.29 is 9.47 Å². The Morgan fingerprint density at radius 1 is 1.18 bits per heavy atom. The Balaban J connectivity index is 1.98. The summed E-state index contributed by atoms with van der Waals surface area (Å²) >= 11 is 3.40. The second-order valence-corrected chi connectivity index (χ2v) is 6.12. The minimum atomic E-state index is 0.271. The lowest BCUT2D eigenvalue weighted by molar-refractivity contribution is 0.230. The third kappa shape index (κ3) is 4.16. The highest BCUT2D eigenvalue weighted by Crippen LogP contribution is 2.26. The molecule has 6 heteroatoms. The van der Waals surface area contributed by atoms with Crippen LogP contribution in [0.5, 0.6) is 11.6 Å². The van der Waals surface area contributed by atoms with E-state index < -0.39 is 0 Å². The summed E-state index contributed by atoms with van der Waals surface area (Å²) in [6.45, 7) is 6.68. The van der Waals surface area contributed by atoms with Crippen LogP contribution >= 0.6 is 15.9 Å². The minimum Gasteiger partial charge on any atom is -0.495 e. The van der Waals surface area contributed by atoms with Gasteiger partial charge in [0.15, 0.2) is 0 Å². The predicted molar refractivity (Wildman–Crippen MR) is 88.3 cm³/mol. The fourth-order valence-electron chi connectivity index (χ4n) is 1.96. The summed E-state index contributed by atoms with van der Waals surface area (Å²) in [5, 5.41) is 0. The Kier molecular flexibility index (Phi) is 5.71. The Morgan fingerprint density at radius 2 is 1.95 bits per heavy atom. The molecule has 0 amide bonds. The van der Waals surface area contributed by atoms with E-state index >= 15 is 0 Å². The number of methoxy groups -OCH3 is 1. The summed E-state index contributed by atoms with van der Waals surface area (Å²) in [7, 11) is 1.64. The molecule has 2 aromatic rings. The Labute approximate surface area is 139 Å². The summed E-state index contributed by atoms with van der Waals surface area (Å²) in [5.74, 6) is 2.60. The molecule has 22 heavy (non-hydrogen) atoms. The van der Waals surface area contributed by atoms with Crippen LogP contribution in [0.25, 0.3) is 0 Å². The van der Waals surface area contributed by atoms with Gasteiger partial charge in [-0.1, -0.05) is 13.8 Å². The molecule has 2 heterocycles. The van der Waals surface area contributed by atoms with E-state index in [4.69, 9.17) is 9.47 Å². The zero-order valence-corrected chi connectivity index (χ0v) is 14.8. The largest absolute Gasteiger partial charge is 0.495 e. The summed E-state index contributed by atoms with van der Waals surface area (Å²) in [6, 6.07) is 3.92. The highest BCUT2D eigenvalue weighted by Gasteiger charge is 2.17. The molecule has 118 valence electrons. The molecule has 0 aliphatic rings. The quantitative estimate of drug-likeness (QED) is 0.779. The fraction of sp³-hybridized carbons (Fsp3) is 0.438. The van der Waals surface area contributed by atoms with Crippen molar-refractivity contribution in [2.24, 2.45) is 5.92 Å². The number of hydrogen-bond acceptors (Lipinski definition) is 5. The monoisotopic (exact) mass is 365 g/mol. The maximum absolute atomic E-state index is 5.82. The average molecular weight is 366 g/mol. The van der Waals surface area contributed by atoms with Gasteiger partial charge < -0.3 is 9.47 Å². The summed E-state index contributed by atoms with van der Waals surface area (Å²) < 4.78 is 11.7. The minimum absolute atomic E-state index is 0.271. The molecule has 0 unspecified atom stereocenters. The molecule has 0 saturated heterocycles. The molecule has 5 nitrogen and oxygen atoms in total. The van der Waals surface area contributed by atoms with E-state index in [0.29, 0.717) is 24.2 Å². The number of ether oxygens (including phenoxy) is 2. The van der Waals surface area contributed by atoms with Crippen LogP contribution in [0.15, 0.2) is 29.0 Å². The van der Waals surface area contributed by atoms with Gasteiger partial charge >= 0.3 is 0 Å². The molecule has 0 aromatic carbocycles. The van der Waals surface area contributed by atoms with Gasteiger partial charge in [0.25, 0.3) is 0 Å². The molecular formula is C16H20BrN3O2. The maximum Gasteiger partial charge on any atom is 0.231 e. The van der Waals surface area contributed by atoms with Gasteiger partial charge in [-0.3, -0.25) is 4.98 Å². The number of halogens is 1. The highest BCUT2D eigenvalue weighted by atomic mass is 79.9. The third-order valence-corrected chi connectivity index (χ3v) is 4.17. The first-order valence-electron chi connectivity index (χ1n) is 7.13. The standard InChI is InChI=1S/C16H20BrN3O2/c1-10(9-22-16-14(17)8-18-12(3)20-16)11(2)15-6-5-13(21-4)7-19-15/h5-8,10-11H,9H2,1-4H3/t10-,11+/m1/s1. The number of pyridine rings is 1. The molecule has 0 saturated carbocycles. The molecule has 0 bridgehead atoms. The Hall–Kier alpha value is -1.69. The van der Waals surface area contributed by atoms with Gasteiger partial charge in [-0.25, -0.2) is 4.98 Å². The van der Waals surface area contributed by atoms with E-state index in [1.54, 1.807) is 19.5 Å². The number of aromatic nitrogens is 3. The van der Waals surface area contributed by atoms with Gasteiger partial charge in [-0.2, -0.15) is 4.98 Å². The molecule has 0 N–H and O–H groups in total. The van der Waals surface area contributed by atoms with E-state index in [1.807, 2.05) is 19.1 Å². The van der Waals surface area contributed by atoms with Crippen molar-refractivity contribution in [3.05, 3.63) is 40.5 Å². The maximum atomic E-state index is 5.82. The molecular weight excluding hydrogens is 346 g/mol. The first-order chi connectivity index (χ1) is 10.5. The van der Waals surface area contributed by atoms with Crippen LogP contribution in [-0.2, 0) is 0 Å². The number of hydrogen-bond donors (Lipinski definition) is 0. The summed E-state index contributed by atoms with van der Waals surface area (Å²) in [5.41, 5.74) is 1.02. The fourth-order valence-corrected chi connectivity index (χ4v) is 2.27. The van der Waals surface area contributed by atoms with Crippen LogP contribution in [-0.4, -0.2) is 28.7 Å². The van der Waals surface area contributed by atoms with Gasteiger partial charge in [-0.15, -0.1) is 0 Å². The molecule has 0 radical (unpaired) electrons. The van der Waals surface area contributed by atoms with E-state index in [-0.39, 0.29) is 5.92 Å². The summed E-state index contributed by atoms with van der Waals surface area (Å²) in [6.07, 6.45) is 3.45.